The third kappa shape index (κ3) is 5.38. The second-order valence-corrected chi connectivity index (χ2v) is 9.69. The molecule has 1 aliphatic heterocycles. The molecule has 37 heavy (non-hydrogen) atoms. The number of methoxy groups -OCH3 is 1. The van der Waals surface area contributed by atoms with Crippen molar-refractivity contribution in [2.45, 2.75) is 6.54 Å². The number of thioether (sulfide) groups is 1. The fourth-order valence-corrected chi connectivity index (χ4v) is 4.88. The Morgan fingerprint density at radius 1 is 0.919 bits per heavy atom. The maximum absolute atomic E-state index is 13.1. The first-order valence-electron chi connectivity index (χ1n) is 11.3. The highest BCUT2D eigenvalue weighted by Gasteiger charge is 2.35. The van der Waals surface area contributed by atoms with Gasteiger partial charge in [0.1, 0.15) is 0 Å². The molecule has 6 nitrogen and oxygen atoms in total. The van der Waals surface area contributed by atoms with Crippen LogP contribution in [0.25, 0.3) is 16.8 Å². The molecule has 0 unspecified atom stereocenters. The molecule has 1 aliphatic rings. The molecule has 0 saturated carbocycles. The van der Waals surface area contributed by atoms with Crippen LogP contribution in [0.5, 0.6) is 11.5 Å². The van der Waals surface area contributed by atoms with Crippen molar-refractivity contribution in [3.8, 4) is 11.5 Å². The van der Waals surface area contributed by atoms with Crippen LogP contribution in [0.15, 0.2) is 89.8 Å². The van der Waals surface area contributed by atoms with Crippen LogP contribution in [0.3, 0.4) is 0 Å². The van der Waals surface area contributed by atoms with E-state index in [9.17, 15) is 14.4 Å². The Bertz CT molecular complexity index is 1560. The third-order valence-corrected chi connectivity index (χ3v) is 6.96. The smallest absolute Gasteiger partial charge is 0.343 e. The first-order valence-corrected chi connectivity index (χ1v) is 12.5. The number of esters is 1. The Balaban J connectivity index is 1.36. The summed E-state index contributed by atoms with van der Waals surface area (Å²) in [5.74, 6) is -0.419. The van der Waals surface area contributed by atoms with Crippen LogP contribution >= 0.6 is 23.4 Å². The Labute approximate surface area is 222 Å². The number of hydrogen-bond acceptors (Lipinski definition) is 6. The van der Waals surface area contributed by atoms with E-state index < -0.39 is 5.97 Å². The molecule has 1 fully saturated rings. The Morgan fingerprint density at radius 3 is 2.43 bits per heavy atom. The number of halogens is 1. The SMILES string of the molecule is COc1ccc(/C=C2\SC(=O)N(Cc3ccc4ccccc4c3)C2=O)cc1OC(=O)c1ccc(Cl)cc1. The first kappa shape index (κ1) is 24.6. The van der Waals surface area contributed by atoms with Crippen LogP contribution in [0.4, 0.5) is 4.79 Å². The molecule has 0 N–H and O–H groups in total. The van der Waals surface area contributed by atoms with E-state index >= 15 is 0 Å². The van der Waals surface area contributed by atoms with Crippen molar-refractivity contribution in [1.29, 1.82) is 0 Å². The van der Waals surface area contributed by atoms with E-state index in [4.69, 9.17) is 21.1 Å². The zero-order valence-corrected chi connectivity index (χ0v) is 21.2. The zero-order valence-electron chi connectivity index (χ0n) is 19.6. The minimum Gasteiger partial charge on any atom is -0.493 e. The maximum atomic E-state index is 13.1. The number of imide groups is 1. The van der Waals surface area contributed by atoms with E-state index in [2.05, 4.69) is 0 Å². The van der Waals surface area contributed by atoms with Gasteiger partial charge in [-0.2, -0.15) is 0 Å². The van der Waals surface area contributed by atoms with E-state index in [1.54, 1.807) is 48.5 Å². The minimum atomic E-state index is -0.581. The van der Waals surface area contributed by atoms with Crippen molar-refractivity contribution in [3.63, 3.8) is 0 Å². The summed E-state index contributed by atoms with van der Waals surface area (Å²) in [5, 5.41) is 2.30. The predicted molar refractivity (Wildman–Crippen MR) is 145 cm³/mol. The van der Waals surface area contributed by atoms with E-state index in [0.717, 1.165) is 28.1 Å². The Hall–Kier alpha value is -4.07. The normalized spacial score (nSPS) is 14.4. The number of fused-ring (bicyclic) bond motifs is 1. The zero-order chi connectivity index (χ0) is 25.9. The number of carbonyl (C=O) groups excluding carboxylic acids is 3. The van der Waals surface area contributed by atoms with Gasteiger partial charge in [-0.15, -0.1) is 0 Å². The van der Waals surface area contributed by atoms with Crippen molar-refractivity contribution in [3.05, 3.63) is 112 Å². The number of hydrogen-bond donors (Lipinski definition) is 0. The molecule has 0 atom stereocenters. The molecule has 4 aromatic carbocycles. The van der Waals surface area contributed by atoms with Crippen LogP contribution in [0.2, 0.25) is 5.02 Å². The summed E-state index contributed by atoms with van der Waals surface area (Å²) >= 11 is 6.77. The lowest BCUT2D eigenvalue weighted by atomic mass is 10.1. The molecule has 5 rings (SSSR count). The van der Waals surface area contributed by atoms with E-state index in [1.165, 1.54) is 12.0 Å². The van der Waals surface area contributed by atoms with E-state index in [-0.39, 0.29) is 28.3 Å². The molecule has 4 aromatic rings. The molecule has 184 valence electrons. The number of rotatable bonds is 6. The summed E-state index contributed by atoms with van der Waals surface area (Å²) in [5.41, 5.74) is 1.77. The summed E-state index contributed by atoms with van der Waals surface area (Å²) < 4.78 is 10.9. The van der Waals surface area contributed by atoms with Crippen molar-refractivity contribution in [2.24, 2.45) is 0 Å². The molecule has 0 radical (unpaired) electrons. The number of carbonyl (C=O) groups is 3. The average molecular weight is 530 g/mol. The lowest BCUT2D eigenvalue weighted by Crippen LogP contribution is -2.27. The quantitative estimate of drug-likeness (QED) is 0.153. The standard InChI is InChI=1S/C29H20ClNO5S/c1-35-24-13-7-18(15-25(24)36-28(33)21-9-11-23(30)12-10-21)16-26-27(32)31(29(34)37-26)17-19-6-8-20-4-2-3-5-22(20)14-19/h2-16H,17H2,1H3/b26-16-. The molecule has 0 aliphatic carbocycles. The number of amides is 2. The monoisotopic (exact) mass is 529 g/mol. The van der Waals surface area contributed by atoms with Gasteiger partial charge in [0.2, 0.25) is 0 Å². The van der Waals surface area contributed by atoms with Gasteiger partial charge in [-0.1, -0.05) is 54.1 Å². The average Bonchev–Trinajstić information content (AvgIpc) is 3.16. The van der Waals surface area contributed by atoms with Gasteiger partial charge in [-0.25, -0.2) is 4.79 Å². The number of benzene rings is 4. The van der Waals surface area contributed by atoms with Crippen LogP contribution in [-0.4, -0.2) is 29.1 Å². The highest BCUT2D eigenvalue weighted by Crippen LogP contribution is 2.36. The number of ether oxygens (including phenoxy) is 2. The largest absolute Gasteiger partial charge is 0.493 e. The van der Waals surface area contributed by atoms with Crippen molar-refractivity contribution in [1.82, 2.24) is 4.90 Å². The highest BCUT2D eigenvalue weighted by atomic mass is 35.5. The fourth-order valence-electron chi connectivity index (χ4n) is 3.91. The van der Waals surface area contributed by atoms with Gasteiger partial charge in [0, 0.05) is 5.02 Å². The second kappa shape index (κ2) is 10.5. The fraction of sp³-hybridized carbons (Fsp3) is 0.0690. The molecular weight excluding hydrogens is 510 g/mol. The van der Waals surface area contributed by atoms with E-state index in [1.807, 2.05) is 42.5 Å². The second-order valence-electron chi connectivity index (χ2n) is 8.26. The molecule has 1 saturated heterocycles. The van der Waals surface area contributed by atoms with Gasteiger partial charge < -0.3 is 9.47 Å². The molecule has 8 heteroatoms. The molecule has 2 amide bonds. The Kier molecular flexibility index (Phi) is 6.99. The minimum absolute atomic E-state index is 0.180. The highest BCUT2D eigenvalue weighted by molar-refractivity contribution is 8.18. The predicted octanol–water partition coefficient (Wildman–Crippen LogP) is 6.96. The van der Waals surface area contributed by atoms with Gasteiger partial charge in [0.05, 0.1) is 24.1 Å². The van der Waals surface area contributed by atoms with Crippen LogP contribution < -0.4 is 9.47 Å². The summed E-state index contributed by atoms with van der Waals surface area (Å²) in [4.78, 5) is 39.9. The van der Waals surface area contributed by atoms with Crippen LogP contribution in [0, 0.1) is 0 Å². The van der Waals surface area contributed by atoms with Gasteiger partial charge in [0.15, 0.2) is 11.5 Å². The summed E-state index contributed by atoms with van der Waals surface area (Å²) in [6, 6.07) is 25.0. The van der Waals surface area contributed by atoms with Crippen LogP contribution in [0.1, 0.15) is 21.5 Å². The molecular formula is C29H20ClNO5S. The molecule has 0 aromatic heterocycles. The molecule has 0 spiro atoms. The Morgan fingerprint density at radius 2 is 1.68 bits per heavy atom. The topological polar surface area (TPSA) is 72.9 Å². The lowest BCUT2D eigenvalue weighted by Gasteiger charge is -2.13. The van der Waals surface area contributed by atoms with Crippen molar-refractivity contribution >= 4 is 57.3 Å². The number of nitrogens with zero attached hydrogens (tertiary/aromatic N) is 1. The van der Waals surface area contributed by atoms with Crippen molar-refractivity contribution in [2.75, 3.05) is 7.11 Å². The van der Waals surface area contributed by atoms with Gasteiger partial charge in [-0.05, 0) is 82.2 Å². The van der Waals surface area contributed by atoms with Gasteiger partial charge in [-0.3, -0.25) is 14.5 Å². The summed E-state index contributed by atoms with van der Waals surface area (Å²) in [6.07, 6.45) is 1.60. The van der Waals surface area contributed by atoms with Gasteiger partial charge >= 0.3 is 5.97 Å². The van der Waals surface area contributed by atoms with E-state index in [0.29, 0.717) is 21.9 Å². The first-order chi connectivity index (χ1) is 17.9. The van der Waals surface area contributed by atoms with Crippen molar-refractivity contribution < 1.29 is 23.9 Å². The molecule has 0 bridgehead atoms. The summed E-state index contributed by atoms with van der Waals surface area (Å²) in [6.45, 7) is 0.180. The third-order valence-electron chi connectivity index (χ3n) is 5.80. The maximum Gasteiger partial charge on any atom is 0.343 e. The van der Waals surface area contributed by atoms with Gasteiger partial charge in [0.25, 0.3) is 11.1 Å². The lowest BCUT2D eigenvalue weighted by molar-refractivity contribution is -0.123. The summed E-state index contributed by atoms with van der Waals surface area (Å²) in [7, 11) is 1.47. The van der Waals surface area contributed by atoms with Crippen LogP contribution in [-0.2, 0) is 11.3 Å². The molecule has 1 heterocycles.